The molecular formula is C26H30N4O4S. The maximum Gasteiger partial charge on any atom is 0.253 e. The first-order chi connectivity index (χ1) is 16.7. The van der Waals surface area contributed by atoms with Gasteiger partial charge in [-0.25, -0.2) is 8.42 Å². The fraction of sp³-hybridized carbons (Fsp3) is 0.423. The molecule has 2 fully saturated rings. The minimum Gasteiger partial charge on any atom is -0.340 e. The number of rotatable bonds is 4. The van der Waals surface area contributed by atoms with Crippen molar-refractivity contribution in [2.45, 2.75) is 31.6 Å². The second-order valence-electron chi connectivity index (χ2n) is 9.33. The van der Waals surface area contributed by atoms with Gasteiger partial charge in [-0.3, -0.25) is 9.59 Å². The van der Waals surface area contributed by atoms with Gasteiger partial charge in [-0.1, -0.05) is 17.2 Å². The molecule has 0 saturated carbocycles. The Balaban J connectivity index is 1.37. The number of benzene rings is 2. The highest BCUT2D eigenvalue weighted by Gasteiger charge is 2.35. The fourth-order valence-electron chi connectivity index (χ4n) is 4.90. The van der Waals surface area contributed by atoms with Crippen LogP contribution >= 0.6 is 0 Å². The van der Waals surface area contributed by atoms with Crippen molar-refractivity contribution in [3.05, 3.63) is 64.7 Å². The summed E-state index contributed by atoms with van der Waals surface area (Å²) >= 11 is 0. The highest BCUT2D eigenvalue weighted by atomic mass is 32.2. The number of likely N-dealkylation sites (tertiary alicyclic amines) is 1. The lowest BCUT2D eigenvalue weighted by Gasteiger charge is -2.38. The topological polar surface area (TPSA) is 102 Å². The molecule has 0 N–H and O–H groups in total. The standard InChI is InChI=1S/C26H30N4O4S/c1-19-14-20(2)16-23(15-19)26(32)29-9-3-4-22(18-29)25(31)28-10-12-30(13-11-28)35(33,34)24-7-5-21(17-27)6-8-24/h5-8,14-16,22H,3-4,9-13,18H2,1-2H3. The predicted molar refractivity (Wildman–Crippen MR) is 131 cm³/mol. The first-order valence-electron chi connectivity index (χ1n) is 11.9. The predicted octanol–water partition coefficient (Wildman–Crippen LogP) is 2.56. The number of piperidine rings is 1. The monoisotopic (exact) mass is 494 g/mol. The van der Waals surface area contributed by atoms with Gasteiger partial charge in [-0.15, -0.1) is 0 Å². The molecule has 35 heavy (non-hydrogen) atoms. The van der Waals surface area contributed by atoms with Crippen LogP contribution in [0, 0.1) is 31.1 Å². The molecule has 2 heterocycles. The first kappa shape index (κ1) is 24.9. The minimum atomic E-state index is -3.69. The van der Waals surface area contributed by atoms with Crippen LogP contribution in [0.15, 0.2) is 47.4 Å². The smallest absolute Gasteiger partial charge is 0.253 e. The van der Waals surface area contributed by atoms with E-state index in [2.05, 4.69) is 0 Å². The summed E-state index contributed by atoms with van der Waals surface area (Å²) in [4.78, 5) is 30.0. The Hall–Kier alpha value is -3.22. The quantitative estimate of drug-likeness (QED) is 0.650. The molecule has 0 bridgehead atoms. The molecule has 184 valence electrons. The van der Waals surface area contributed by atoms with Crippen LogP contribution in [0.25, 0.3) is 0 Å². The molecule has 8 nitrogen and oxygen atoms in total. The van der Waals surface area contributed by atoms with E-state index in [1.165, 1.54) is 28.6 Å². The van der Waals surface area contributed by atoms with Crippen LogP contribution in [0.3, 0.4) is 0 Å². The van der Waals surface area contributed by atoms with Gasteiger partial charge in [0.1, 0.15) is 0 Å². The van der Waals surface area contributed by atoms with Gasteiger partial charge in [0.2, 0.25) is 15.9 Å². The largest absolute Gasteiger partial charge is 0.340 e. The van der Waals surface area contributed by atoms with Gasteiger partial charge < -0.3 is 9.80 Å². The third-order valence-corrected chi connectivity index (χ3v) is 8.61. The number of carbonyl (C=O) groups is 2. The van der Waals surface area contributed by atoms with Crippen molar-refractivity contribution in [1.29, 1.82) is 5.26 Å². The van der Waals surface area contributed by atoms with Gasteiger partial charge in [-0.05, 0) is 63.1 Å². The number of nitrogens with zero attached hydrogens (tertiary/aromatic N) is 4. The van der Waals surface area contributed by atoms with Gasteiger partial charge in [0.25, 0.3) is 5.91 Å². The van der Waals surface area contributed by atoms with Gasteiger partial charge in [0.15, 0.2) is 0 Å². The summed E-state index contributed by atoms with van der Waals surface area (Å²) in [5.74, 6) is -0.341. The van der Waals surface area contributed by atoms with E-state index in [0.717, 1.165) is 24.0 Å². The fourth-order valence-corrected chi connectivity index (χ4v) is 6.32. The first-order valence-corrected chi connectivity index (χ1v) is 13.3. The summed E-state index contributed by atoms with van der Waals surface area (Å²) in [5, 5.41) is 8.93. The summed E-state index contributed by atoms with van der Waals surface area (Å²) in [5.41, 5.74) is 3.12. The summed E-state index contributed by atoms with van der Waals surface area (Å²) in [6.07, 6.45) is 1.49. The van der Waals surface area contributed by atoms with E-state index in [9.17, 15) is 18.0 Å². The normalized spacial score (nSPS) is 19.3. The molecule has 0 aromatic heterocycles. The van der Waals surface area contributed by atoms with E-state index in [1.807, 2.05) is 38.1 Å². The van der Waals surface area contributed by atoms with Crippen LogP contribution in [-0.2, 0) is 14.8 Å². The average molecular weight is 495 g/mol. The number of aryl methyl sites for hydroxylation is 2. The number of carbonyl (C=O) groups excluding carboxylic acids is 2. The second kappa shape index (κ2) is 10.2. The van der Waals surface area contributed by atoms with Crippen LogP contribution in [0.4, 0.5) is 0 Å². The van der Waals surface area contributed by atoms with Crippen LogP contribution in [-0.4, -0.2) is 73.6 Å². The van der Waals surface area contributed by atoms with E-state index in [1.54, 1.807) is 9.80 Å². The van der Waals surface area contributed by atoms with E-state index < -0.39 is 10.0 Å². The summed E-state index contributed by atoms with van der Waals surface area (Å²) in [6, 6.07) is 13.6. The number of hydrogen-bond donors (Lipinski definition) is 0. The van der Waals surface area contributed by atoms with Crippen LogP contribution < -0.4 is 0 Å². The maximum absolute atomic E-state index is 13.3. The SMILES string of the molecule is Cc1cc(C)cc(C(=O)N2CCCC(C(=O)N3CCN(S(=O)(=O)c4ccc(C#N)cc4)CC3)C2)c1. The summed E-state index contributed by atoms with van der Waals surface area (Å²) in [6.45, 7) is 6.01. The van der Waals surface area contributed by atoms with Crippen molar-refractivity contribution in [2.75, 3.05) is 39.3 Å². The van der Waals surface area contributed by atoms with Crippen molar-refractivity contribution in [3.8, 4) is 6.07 Å². The summed E-state index contributed by atoms with van der Waals surface area (Å²) in [7, 11) is -3.69. The molecule has 2 aromatic carbocycles. The lowest BCUT2D eigenvalue weighted by Crippen LogP contribution is -2.54. The van der Waals surface area contributed by atoms with Gasteiger partial charge >= 0.3 is 0 Å². The van der Waals surface area contributed by atoms with Crippen molar-refractivity contribution in [2.24, 2.45) is 5.92 Å². The average Bonchev–Trinajstić information content (AvgIpc) is 2.87. The maximum atomic E-state index is 13.3. The molecule has 2 saturated heterocycles. The third-order valence-electron chi connectivity index (χ3n) is 6.70. The molecule has 9 heteroatoms. The molecule has 0 aliphatic carbocycles. The molecule has 1 unspecified atom stereocenters. The third kappa shape index (κ3) is 5.39. The van der Waals surface area contributed by atoms with Crippen molar-refractivity contribution >= 4 is 21.8 Å². The molecule has 0 spiro atoms. The Bertz CT molecular complexity index is 1240. The molecule has 1 atom stereocenters. The van der Waals surface area contributed by atoms with Crippen molar-refractivity contribution in [3.63, 3.8) is 0 Å². The molecule has 2 aromatic rings. The molecular weight excluding hydrogens is 464 g/mol. The Morgan fingerprint density at radius 1 is 0.914 bits per heavy atom. The zero-order valence-electron chi connectivity index (χ0n) is 20.1. The molecule has 0 radical (unpaired) electrons. The second-order valence-corrected chi connectivity index (χ2v) is 11.3. The van der Waals surface area contributed by atoms with Crippen molar-refractivity contribution < 1.29 is 18.0 Å². The Labute approximate surface area is 206 Å². The minimum absolute atomic E-state index is 0.0154. The zero-order valence-corrected chi connectivity index (χ0v) is 20.9. The van der Waals surface area contributed by atoms with Crippen LogP contribution in [0.2, 0.25) is 0 Å². The van der Waals surface area contributed by atoms with Gasteiger partial charge in [0, 0.05) is 44.8 Å². The number of amides is 2. The Morgan fingerprint density at radius 2 is 1.54 bits per heavy atom. The van der Waals surface area contributed by atoms with E-state index in [-0.39, 0.29) is 35.7 Å². The van der Waals surface area contributed by atoms with Crippen LogP contribution in [0.1, 0.15) is 39.9 Å². The van der Waals surface area contributed by atoms with E-state index in [4.69, 9.17) is 5.26 Å². The molecule has 2 aliphatic rings. The van der Waals surface area contributed by atoms with Gasteiger partial charge in [0.05, 0.1) is 22.4 Å². The van der Waals surface area contributed by atoms with Crippen molar-refractivity contribution in [1.82, 2.24) is 14.1 Å². The van der Waals surface area contributed by atoms with Crippen LogP contribution in [0.5, 0.6) is 0 Å². The Morgan fingerprint density at radius 3 is 2.14 bits per heavy atom. The van der Waals surface area contributed by atoms with E-state index in [0.29, 0.717) is 37.3 Å². The number of hydrogen-bond acceptors (Lipinski definition) is 5. The highest BCUT2D eigenvalue weighted by molar-refractivity contribution is 7.89. The Kier molecular flexibility index (Phi) is 7.24. The highest BCUT2D eigenvalue weighted by Crippen LogP contribution is 2.24. The lowest BCUT2D eigenvalue weighted by molar-refractivity contribution is -0.138. The lowest BCUT2D eigenvalue weighted by atomic mass is 9.95. The molecule has 2 amide bonds. The number of nitriles is 1. The van der Waals surface area contributed by atoms with E-state index >= 15 is 0 Å². The molecule has 4 rings (SSSR count). The zero-order chi connectivity index (χ0) is 25.2. The summed E-state index contributed by atoms with van der Waals surface area (Å²) < 4.78 is 27.3. The molecule has 2 aliphatic heterocycles. The number of sulfonamides is 1. The number of piperazine rings is 1. The van der Waals surface area contributed by atoms with Gasteiger partial charge in [-0.2, -0.15) is 9.57 Å².